The van der Waals surface area contributed by atoms with Crippen molar-refractivity contribution in [1.29, 1.82) is 0 Å². The first-order chi connectivity index (χ1) is 9.58. The maximum Gasteiger partial charge on any atom is 0.161 e. The molecule has 2 nitrogen and oxygen atoms in total. The van der Waals surface area contributed by atoms with E-state index in [4.69, 9.17) is 4.99 Å². The molecule has 1 aliphatic carbocycles. The van der Waals surface area contributed by atoms with Crippen LogP contribution in [-0.2, 0) is 0 Å². The minimum Gasteiger partial charge on any atom is -0.335 e. The number of hydrogen-bond acceptors (Lipinski definition) is 3. The van der Waals surface area contributed by atoms with E-state index in [-0.39, 0.29) is 5.54 Å². The van der Waals surface area contributed by atoms with Crippen molar-refractivity contribution in [3.8, 4) is 0 Å². The van der Waals surface area contributed by atoms with E-state index in [1.54, 1.807) is 0 Å². The van der Waals surface area contributed by atoms with Gasteiger partial charge in [-0.05, 0) is 49.9 Å². The van der Waals surface area contributed by atoms with Gasteiger partial charge >= 0.3 is 0 Å². The van der Waals surface area contributed by atoms with Gasteiger partial charge in [0.25, 0.3) is 0 Å². The molecule has 108 valence electrons. The first-order valence-corrected chi connectivity index (χ1v) is 9.12. The summed E-state index contributed by atoms with van der Waals surface area (Å²) in [4.78, 5) is 5.04. The molecule has 1 aliphatic heterocycles. The number of aryl methyl sites for hydroxylation is 2. The van der Waals surface area contributed by atoms with Crippen LogP contribution in [0.4, 0.5) is 5.69 Å². The van der Waals surface area contributed by atoms with Crippen LogP contribution in [0.1, 0.15) is 43.2 Å². The molecule has 20 heavy (non-hydrogen) atoms. The van der Waals surface area contributed by atoms with Crippen LogP contribution in [0.2, 0.25) is 0 Å². The third-order valence-electron chi connectivity index (χ3n) is 4.33. The lowest BCUT2D eigenvalue weighted by molar-refractivity contribution is 0.335. The molecule has 0 atom stereocenters. The third kappa shape index (κ3) is 2.91. The molecule has 0 unspecified atom stereocenters. The largest absolute Gasteiger partial charge is 0.335 e. The van der Waals surface area contributed by atoms with Crippen LogP contribution in [0.25, 0.3) is 0 Å². The molecule has 0 saturated heterocycles. The van der Waals surface area contributed by atoms with Crippen LogP contribution in [0.5, 0.6) is 0 Å². The van der Waals surface area contributed by atoms with Crippen LogP contribution >= 0.6 is 27.7 Å². The van der Waals surface area contributed by atoms with Gasteiger partial charge in [-0.25, -0.2) is 0 Å². The predicted molar refractivity (Wildman–Crippen MR) is 92.9 cm³/mol. The fourth-order valence-corrected chi connectivity index (χ4v) is 5.11. The lowest BCUT2D eigenvalue weighted by atomic mass is 9.84. The Bertz CT molecular complexity index is 524. The molecule has 1 fully saturated rings. The topological polar surface area (TPSA) is 24.4 Å². The average Bonchev–Trinajstić information content (AvgIpc) is 2.77. The molecule has 1 aromatic rings. The van der Waals surface area contributed by atoms with Crippen molar-refractivity contribution in [1.82, 2.24) is 0 Å². The molecule has 0 aromatic heterocycles. The molecule has 1 spiro atoms. The summed E-state index contributed by atoms with van der Waals surface area (Å²) in [7, 11) is 0. The highest BCUT2D eigenvalue weighted by Gasteiger charge is 2.36. The second kappa shape index (κ2) is 5.72. The number of halogens is 1. The SMILES string of the molecule is Cc1cc(Br)cc(C)c1NC1=NC2(CCCCC2)CS1. The quantitative estimate of drug-likeness (QED) is 0.742. The highest BCUT2D eigenvalue weighted by molar-refractivity contribution is 9.10. The number of aliphatic imine (C=N–C) groups is 1. The van der Waals surface area contributed by atoms with Crippen molar-refractivity contribution >= 4 is 38.5 Å². The van der Waals surface area contributed by atoms with Crippen molar-refractivity contribution in [2.75, 3.05) is 11.1 Å². The van der Waals surface area contributed by atoms with Gasteiger partial charge in [0.2, 0.25) is 0 Å². The molecule has 1 saturated carbocycles. The highest BCUT2D eigenvalue weighted by atomic mass is 79.9. The summed E-state index contributed by atoms with van der Waals surface area (Å²) >= 11 is 5.45. The number of anilines is 1. The van der Waals surface area contributed by atoms with Gasteiger partial charge in [0, 0.05) is 15.9 Å². The summed E-state index contributed by atoms with van der Waals surface area (Å²) in [6.07, 6.45) is 6.60. The molecule has 1 N–H and O–H groups in total. The van der Waals surface area contributed by atoms with Crippen molar-refractivity contribution in [2.24, 2.45) is 4.99 Å². The maximum atomic E-state index is 5.04. The number of rotatable bonds is 1. The smallest absolute Gasteiger partial charge is 0.161 e. The van der Waals surface area contributed by atoms with E-state index in [0.29, 0.717) is 0 Å². The number of thioether (sulfide) groups is 1. The summed E-state index contributed by atoms with van der Waals surface area (Å²) in [5.41, 5.74) is 3.99. The Balaban J connectivity index is 1.80. The standard InChI is InChI=1S/C16H21BrN2S/c1-11-8-13(17)9-12(2)14(11)18-15-19-16(10-20-15)6-4-3-5-7-16/h8-9H,3-7,10H2,1-2H3,(H,18,19). The highest BCUT2D eigenvalue weighted by Crippen LogP contribution is 2.40. The molecule has 4 heteroatoms. The molecule has 0 amide bonds. The van der Waals surface area contributed by atoms with Crippen molar-refractivity contribution in [3.05, 3.63) is 27.7 Å². The van der Waals surface area contributed by atoms with Crippen LogP contribution in [0, 0.1) is 13.8 Å². The molecule has 1 heterocycles. The fourth-order valence-electron chi connectivity index (χ4n) is 3.23. The van der Waals surface area contributed by atoms with Gasteiger partial charge in [-0.3, -0.25) is 4.99 Å². The Morgan fingerprint density at radius 2 is 1.80 bits per heavy atom. The van der Waals surface area contributed by atoms with Gasteiger partial charge in [0.15, 0.2) is 5.17 Å². The molecule has 0 radical (unpaired) electrons. The van der Waals surface area contributed by atoms with Gasteiger partial charge in [-0.15, -0.1) is 0 Å². The summed E-state index contributed by atoms with van der Waals surface area (Å²) in [6.45, 7) is 4.30. The molecule has 0 bridgehead atoms. The fraction of sp³-hybridized carbons (Fsp3) is 0.562. The van der Waals surface area contributed by atoms with Crippen LogP contribution in [0.15, 0.2) is 21.6 Å². The van der Waals surface area contributed by atoms with E-state index in [1.165, 1.54) is 48.9 Å². The van der Waals surface area contributed by atoms with Crippen LogP contribution in [-0.4, -0.2) is 16.5 Å². The average molecular weight is 353 g/mol. The molecule has 2 aliphatic rings. The van der Waals surface area contributed by atoms with Crippen molar-refractivity contribution < 1.29 is 0 Å². The van der Waals surface area contributed by atoms with Gasteiger partial charge < -0.3 is 5.32 Å². The first-order valence-electron chi connectivity index (χ1n) is 7.34. The Labute approximate surface area is 134 Å². The Morgan fingerprint density at radius 3 is 2.45 bits per heavy atom. The van der Waals surface area contributed by atoms with E-state index < -0.39 is 0 Å². The zero-order valence-electron chi connectivity index (χ0n) is 12.1. The lowest BCUT2D eigenvalue weighted by Gasteiger charge is -2.29. The van der Waals surface area contributed by atoms with Crippen molar-refractivity contribution in [3.63, 3.8) is 0 Å². The summed E-state index contributed by atoms with van der Waals surface area (Å²) in [5.74, 6) is 1.16. The maximum absolute atomic E-state index is 5.04. The lowest BCUT2D eigenvalue weighted by Crippen LogP contribution is -2.29. The Hall–Kier alpha value is -0.480. The molecule has 1 aromatic carbocycles. The number of amidine groups is 1. The summed E-state index contributed by atoms with van der Waals surface area (Å²) < 4.78 is 1.14. The van der Waals surface area contributed by atoms with E-state index >= 15 is 0 Å². The number of nitrogens with zero attached hydrogens (tertiary/aromatic N) is 1. The minimum absolute atomic E-state index is 0.239. The zero-order valence-corrected chi connectivity index (χ0v) is 14.5. The van der Waals surface area contributed by atoms with E-state index in [0.717, 1.165) is 15.4 Å². The summed E-state index contributed by atoms with van der Waals surface area (Å²) in [6, 6.07) is 4.32. The number of hydrogen-bond donors (Lipinski definition) is 1. The number of nitrogens with one attached hydrogen (secondary N) is 1. The van der Waals surface area contributed by atoms with Crippen molar-refractivity contribution in [2.45, 2.75) is 51.5 Å². The van der Waals surface area contributed by atoms with Gasteiger partial charge in [0.05, 0.1) is 5.54 Å². The molecular weight excluding hydrogens is 332 g/mol. The zero-order chi connectivity index (χ0) is 14.2. The van der Waals surface area contributed by atoms with Gasteiger partial charge in [0.1, 0.15) is 0 Å². The monoisotopic (exact) mass is 352 g/mol. The summed E-state index contributed by atoms with van der Waals surface area (Å²) in [5, 5.41) is 4.68. The van der Waals surface area contributed by atoms with Crippen LogP contribution in [0.3, 0.4) is 0 Å². The molecular formula is C16H21BrN2S. The van der Waals surface area contributed by atoms with E-state index in [2.05, 4.69) is 47.2 Å². The number of benzene rings is 1. The van der Waals surface area contributed by atoms with Crippen LogP contribution < -0.4 is 5.32 Å². The van der Waals surface area contributed by atoms with E-state index in [1.807, 2.05) is 11.8 Å². The second-order valence-corrected chi connectivity index (χ2v) is 7.91. The Morgan fingerprint density at radius 1 is 1.15 bits per heavy atom. The van der Waals surface area contributed by atoms with Gasteiger partial charge in [-0.1, -0.05) is 47.0 Å². The second-order valence-electron chi connectivity index (χ2n) is 6.03. The normalized spacial score (nSPS) is 21.1. The first kappa shape index (κ1) is 14.5. The minimum atomic E-state index is 0.239. The third-order valence-corrected chi connectivity index (χ3v) is 5.94. The predicted octanol–water partition coefficient (Wildman–Crippen LogP) is 5.28. The van der Waals surface area contributed by atoms with Gasteiger partial charge in [-0.2, -0.15) is 0 Å². The Kier molecular flexibility index (Phi) is 4.14. The van der Waals surface area contributed by atoms with E-state index in [9.17, 15) is 0 Å². The molecule has 3 rings (SSSR count).